The summed E-state index contributed by atoms with van der Waals surface area (Å²) in [6, 6.07) is 0. The van der Waals surface area contributed by atoms with E-state index in [1.54, 1.807) is 0 Å². The van der Waals surface area contributed by atoms with Crippen LogP contribution in [-0.4, -0.2) is 42.7 Å². The Kier molecular flexibility index (Phi) is 36.8. The van der Waals surface area contributed by atoms with Gasteiger partial charge in [0.1, 0.15) is 18.4 Å². The topological polar surface area (TPSA) is 67.8 Å². The number of ether oxygens (including phenoxy) is 2. The lowest BCUT2D eigenvalue weighted by Gasteiger charge is -2.25. The molecule has 2 atom stereocenters. The summed E-state index contributed by atoms with van der Waals surface area (Å²) >= 11 is 0. The number of carbonyl (C=O) groups excluding carboxylic acids is 1. The smallest absolute Gasteiger partial charge is 0.305 e. The summed E-state index contributed by atoms with van der Waals surface area (Å²) in [4.78, 5) is 12.4. The molecule has 0 aromatic carbocycles. The van der Waals surface area contributed by atoms with E-state index in [0.29, 0.717) is 13.0 Å². The fraction of sp³-hybridized carbons (Fsp3) is 0.896. The van der Waals surface area contributed by atoms with E-state index in [-0.39, 0.29) is 25.4 Å². The van der Waals surface area contributed by atoms with E-state index >= 15 is 0 Å². The number of hydrogen-bond donors (Lipinski definition) is 2. The zero-order chi connectivity index (χ0) is 38.2. The summed E-state index contributed by atoms with van der Waals surface area (Å²) in [6.45, 7) is 5.06. The van der Waals surface area contributed by atoms with Gasteiger partial charge in [-0.1, -0.05) is 192 Å². The minimum atomic E-state index is -0.659. The van der Waals surface area contributed by atoms with Crippen LogP contribution in [0.2, 0.25) is 0 Å². The van der Waals surface area contributed by atoms with Crippen molar-refractivity contribution in [2.45, 2.75) is 257 Å². The second kappa shape index (κ2) is 39.1. The second-order valence-corrected chi connectivity index (χ2v) is 16.6. The van der Waals surface area contributed by atoms with Gasteiger partial charge >= 0.3 is 5.97 Å². The fourth-order valence-electron chi connectivity index (χ4n) is 7.51. The summed E-state index contributed by atoms with van der Waals surface area (Å²) in [6.07, 6.45) is 55.5. The van der Waals surface area contributed by atoms with Gasteiger partial charge in [-0.2, -0.15) is 0 Å². The van der Waals surface area contributed by atoms with Gasteiger partial charge in [0.2, 0.25) is 0 Å². The van der Waals surface area contributed by atoms with E-state index in [1.807, 2.05) is 0 Å². The third-order valence-corrected chi connectivity index (χ3v) is 11.2. The fourth-order valence-corrected chi connectivity index (χ4v) is 7.51. The van der Waals surface area contributed by atoms with E-state index < -0.39 is 5.54 Å². The third kappa shape index (κ3) is 32.8. The van der Waals surface area contributed by atoms with Gasteiger partial charge in [0, 0.05) is 6.42 Å². The molecule has 0 aliphatic carbocycles. The van der Waals surface area contributed by atoms with Gasteiger partial charge in [-0.25, -0.2) is 0 Å². The van der Waals surface area contributed by atoms with Crippen LogP contribution in [0.1, 0.15) is 245 Å². The van der Waals surface area contributed by atoms with Crippen LogP contribution in [0.3, 0.4) is 0 Å². The van der Waals surface area contributed by atoms with Crippen molar-refractivity contribution in [3.63, 3.8) is 0 Å². The normalized spacial score (nSPS) is 17.5. The predicted octanol–water partition coefficient (Wildman–Crippen LogP) is 14.4. The standard InChI is InChI=1S/C48H91NO4/c1-3-5-7-9-11-13-15-17-19-21-23-25-27-29-31-33-35-37-39-41-46-49-48(43-50,44-52-46)45-53-47(51)42-40-38-36-34-32-30-28-26-24-22-20-18-16-14-12-10-8-6-4-2/h17-20,46,49-50H,3-16,21-45H2,1-2H3. The van der Waals surface area contributed by atoms with E-state index in [4.69, 9.17) is 9.47 Å². The van der Waals surface area contributed by atoms with Crippen molar-refractivity contribution in [2.24, 2.45) is 0 Å². The Balaban J connectivity index is 1.89. The molecule has 2 N–H and O–H groups in total. The molecule has 0 radical (unpaired) electrons. The van der Waals surface area contributed by atoms with Crippen LogP contribution in [0.4, 0.5) is 0 Å². The number of aliphatic hydroxyl groups is 1. The van der Waals surface area contributed by atoms with Crippen molar-refractivity contribution in [1.82, 2.24) is 5.32 Å². The van der Waals surface area contributed by atoms with Crippen molar-refractivity contribution in [3.05, 3.63) is 24.3 Å². The number of allylic oxidation sites excluding steroid dienone is 4. The molecule has 53 heavy (non-hydrogen) atoms. The molecule has 0 saturated carbocycles. The maximum absolute atomic E-state index is 12.4. The number of nitrogens with one attached hydrogen (secondary N) is 1. The first-order valence-electron chi connectivity index (χ1n) is 23.6. The molecule has 0 bridgehead atoms. The van der Waals surface area contributed by atoms with Crippen LogP contribution < -0.4 is 5.32 Å². The molecular weight excluding hydrogens is 655 g/mol. The van der Waals surface area contributed by atoms with Gasteiger partial charge in [0.05, 0.1) is 13.2 Å². The largest absolute Gasteiger partial charge is 0.464 e. The van der Waals surface area contributed by atoms with Gasteiger partial charge in [0.15, 0.2) is 0 Å². The Bertz CT molecular complexity index is 828. The van der Waals surface area contributed by atoms with Crippen molar-refractivity contribution in [3.8, 4) is 0 Å². The molecule has 0 aromatic heterocycles. The Morgan fingerprint density at radius 2 is 0.925 bits per heavy atom. The first kappa shape index (κ1) is 49.8. The van der Waals surface area contributed by atoms with E-state index in [2.05, 4.69) is 43.5 Å². The number of carbonyl (C=O) groups is 1. The monoisotopic (exact) mass is 746 g/mol. The highest BCUT2D eigenvalue weighted by Crippen LogP contribution is 2.21. The molecule has 2 unspecified atom stereocenters. The molecule has 1 heterocycles. The lowest BCUT2D eigenvalue weighted by molar-refractivity contribution is -0.146. The maximum atomic E-state index is 12.4. The van der Waals surface area contributed by atoms with E-state index in [9.17, 15) is 9.90 Å². The van der Waals surface area contributed by atoms with Crippen molar-refractivity contribution >= 4 is 5.97 Å². The minimum Gasteiger partial charge on any atom is -0.464 e. The molecule has 5 nitrogen and oxygen atoms in total. The first-order chi connectivity index (χ1) is 26.2. The van der Waals surface area contributed by atoms with Gasteiger partial charge < -0.3 is 14.6 Å². The van der Waals surface area contributed by atoms with Crippen molar-refractivity contribution in [1.29, 1.82) is 0 Å². The lowest BCUT2D eigenvalue weighted by Crippen LogP contribution is -2.52. The molecule has 0 amide bonds. The van der Waals surface area contributed by atoms with Crippen LogP contribution in [-0.2, 0) is 14.3 Å². The quantitative estimate of drug-likeness (QED) is 0.0370. The SMILES string of the molecule is CCCCCCCCC=CCCCCCCCCCCCC(=O)OCC1(CO)COC(CCCCCCCCCCCC=CCCCCCCCC)N1. The molecule has 0 aromatic rings. The zero-order valence-corrected chi connectivity index (χ0v) is 35.6. The molecule has 1 saturated heterocycles. The molecule has 1 aliphatic heterocycles. The summed E-state index contributed by atoms with van der Waals surface area (Å²) in [5.74, 6) is -0.153. The molecule has 0 spiro atoms. The summed E-state index contributed by atoms with van der Waals surface area (Å²) in [7, 11) is 0. The van der Waals surface area contributed by atoms with Crippen LogP contribution in [0.25, 0.3) is 0 Å². The second-order valence-electron chi connectivity index (χ2n) is 16.6. The summed E-state index contributed by atoms with van der Waals surface area (Å²) in [5.41, 5.74) is -0.659. The Hall–Kier alpha value is -1.17. The number of unbranched alkanes of at least 4 members (excludes halogenated alkanes) is 30. The van der Waals surface area contributed by atoms with Gasteiger partial charge in [-0.15, -0.1) is 0 Å². The molecule has 5 heteroatoms. The maximum Gasteiger partial charge on any atom is 0.305 e. The summed E-state index contributed by atoms with van der Waals surface area (Å²) in [5, 5.41) is 13.5. The Morgan fingerprint density at radius 3 is 1.32 bits per heavy atom. The highest BCUT2D eigenvalue weighted by Gasteiger charge is 2.40. The van der Waals surface area contributed by atoms with Crippen LogP contribution in [0.15, 0.2) is 24.3 Å². The van der Waals surface area contributed by atoms with Gasteiger partial charge in [-0.3, -0.25) is 10.1 Å². The zero-order valence-electron chi connectivity index (χ0n) is 35.6. The van der Waals surface area contributed by atoms with E-state index in [0.717, 1.165) is 25.7 Å². The lowest BCUT2D eigenvalue weighted by atomic mass is 10.0. The van der Waals surface area contributed by atoms with Crippen LogP contribution in [0.5, 0.6) is 0 Å². The third-order valence-electron chi connectivity index (χ3n) is 11.2. The Morgan fingerprint density at radius 1 is 0.566 bits per heavy atom. The van der Waals surface area contributed by atoms with Gasteiger partial charge in [0.25, 0.3) is 0 Å². The average Bonchev–Trinajstić information content (AvgIpc) is 3.59. The molecule has 312 valence electrons. The summed E-state index contributed by atoms with van der Waals surface area (Å²) < 4.78 is 11.6. The van der Waals surface area contributed by atoms with Crippen LogP contribution >= 0.6 is 0 Å². The number of hydrogen-bond acceptors (Lipinski definition) is 5. The average molecular weight is 746 g/mol. The van der Waals surface area contributed by atoms with E-state index in [1.165, 1.54) is 199 Å². The number of esters is 1. The Labute approximate surface area is 330 Å². The van der Waals surface area contributed by atoms with Crippen LogP contribution in [0, 0.1) is 0 Å². The van der Waals surface area contributed by atoms with Crippen molar-refractivity contribution in [2.75, 3.05) is 19.8 Å². The minimum absolute atomic E-state index is 0.0581. The molecule has 1 aliphatic rings. The van der Waals surface area contributed by atoms with Crippen molar-refractivity contribution < 1.29 is 19.4 Å². The molecular formula is C48H91NO4. The highest BCUT2D eigenvalue weighted by molar-refractivity contribution is 5.69. The first-order valence-corrected chi connectivity index (χ1v) is 23.6. The predicted molar refractivity (Wildman–Crippen MR) is 229 cm³/mol. The number of rotatable bonds is 41. The molecule has 1 rings (SSSR count). The molecule has 1 fully saturated rings. The highest BCUT2D eigenvalue weighted by atomic mass is 16.5. The van der Waals surface area contributed by atoms with Gasteiger partial charge in [-0.05, 0) is 70.6 Å². The number of aliphatic hydroxyl groups excluding tert-OH is 1.